The normalized spacial score (nSPS) is 10.1. The molecule has 0 saturated heterocycles. The highest BCUT2D eigenvalue weighted by atomic mass is 35.5. The quantitative estimate of drug-likeness (QED) is 0.659. The Morgan fingerprint density at radius 3 is 2.67 bits per heavy atom. The molecule has 0 N–H and O–H groups in total. The van der Waals surface area contributed by atoms with Crippen LogP contribution in [0.5, 0.6) is 0 Å². The lowest BCUT2D eigenvalue weighted by Gasteiger charge is -1.96. The summed E-state index contributed by atoms with van der Waals surface area (Å²) in [5.74, 6) is 0.487. The van der Waals surface area contributed by atoms with Crippen LogP contribution in [0.1, 0.15) is 0 Å². The third-order valence-electron chi connectivity index (χ3n) is 1.27. The molecule has 0 spiro atoms. The molecule has 2 aromatic rings. The largest absolute Gasteiger partial charge is 0.250 e. The smallest absolute Gasteiger partial charge is 0.218 e. The number of aromatic nitrogens is 4. The van der Waals surface area contributed by atoms with Gasteiger partial charge in [-0.3, -0.25) is 0 Å². The second-order valence-corrected chi connectivity index (χ2v) is 2.52. The molecule has 2 rings (SSSR count). The molecule has 0 aliphatic carbocycles. The first-order chi connectivity index (χ1) is 5.86. The van der Waals surface area contributed by atoms with Crippen molar-refractivity contribution in [1.82, 2.24) is 19.7 Å². The first-order valence-electron chi connectivity index (χ1n) is 3.25. The van der Waals surface area contributed by atoms with Crippen LogP contribution in [-0.2, 0) is 0 Å². The van der Waals surface area contributed by atoms with E-state index < -0.39 is 0 Å². The highest BCUT2D eigenvalue weighted by Crippen LogP contribution is 2.04. The van der Waals surface area contributed by atoms with Crippen molar-refractivity contribution in [2.24, 2.45) is 0 Å². The fraction of sp³-hybridized carbons (Fsp3) is 0. The summed E-state index contributed by atoms with van der Waals surface area (Å²) in [6.07, 6.45) is 6.22. The fourth-order valence-corrected chi connectivity index (χ4v) is 0.864. The molecular formula is C7H4ClN4. The van der Waals surface area contributed by atoms with E-state index in [4.69, 9.17) is 11.6 Å². The van der Waals surface area contributed by atoms with Gasteiger partial charge in [0.2, 0.25) is 0 Å². The van der Waals surface area contributed by atoms with Crippen molar-refractivity contribution in [2.75, 3.05) is 0 Å². The first kappa shape index (κ1) is 7.24. The molecule has 2 heterocycles. The van der Waals surface area contributed by atoms with Gasteiger partial charge in [-0.05, 0) is 0 Å². The van der Waals surface area contributed by atoms with E-state index >= 15 is 0 Å². The second-order valence-electron chi connectivity index (χ2n) is 2.09. The first-order valence-corrected chi connectivity index (χ1v) is 3.63. The van der Waals surface area contributed by atoms with Gasteiger partial charge in [0.15, 0.2) is 0 Å². The summed E-state index contributed by atoms with van der Waals surface area (Å²) in [5, 5.41) is 4.42. The predicted molar refractivity (Wildman–Crippen MR) is 43.0 cm³/mol. The maximum atomic E-state index is 5.61. The summed E-state index contributed by atoms with van der Waals surface area (Å²) in [6, 6.07) is 2.78. The second kappa shape index (κ2) is 2.91. The van der Waals surface area contributed by atoms with Gasteiger partial charge >= 0.3 is 0 Å². The van der Waals surface area contributed by atoms with Gasteiger partial charge in [0.25, 0.3) is 5.95 Å². The van der Waals surface area contributed by atoms with Crippen molar-refractivity contribution < 1.29 is 0 Å². The molecule has 0 bridgehead atoms. The van der Waals surface area contributed by atoms with E-state index in [-0.39, 0.29) is 0 Å². The van der Waals surface area contributed by atoms with E-state index in [0.29, 0.717) is 11.0 Å². The molecule has 0 amide bonds. The maximum absolute atomic E-state index is 5.61. The van der Waals surface area contributed by atoms with Gasteiger partial charge in [0, 0.05) is 12.3 Å². The van der Waals surface area contributed by atoms with E-state index in [2.05, 4.69) is 21.1 Å². The molecule has 0 aliphatic heterocycles. The molecule has 1 radical (unpaired) electrons. The number of rotatable bonds is 1. The molecule has 2 aromatic heterocycles. The zero-order valence-corrected chi connectivity index (χ0v) is 6.73. The average molecular weight is 180 g/mol. The minimum absolute atomic E-state index is 0.487. The van der Waals surface area contributed by atoms with E-state index in [9.17, 15) is 0 Å². The minimum Gasteiger partial charge on any atom is -0.218 e. The van der Waals surface area contributed by atoms with Gasteiger partial charge in [0.1, 0.15) is 0 Å². The summed E-state index contributed by atoms with van der Waals surface area (Å²) in [5.41, 5.74) is 0. The van der Waals surface area contributed by atoms with Crippen LogP contribution in [0.15, 0.2) is 24.8 Å². The molecule has 59 valence electrons. The maximum Gasteiger partial charge on any atom is 0.250 e. The van der Waals surface area contributed by atoms with Crippen molar-refractivity contribution in [2.45, 2.75) is 0 Å². The van der Waals surface area contributed by atoms with Gasteiger partial charge in [-0.2, -0.15) is 5.10 Å². The van der Waals surface area contributed by atoms with E-state index in [1.807, 2.05) is 0 Å². The van der Waals surface area contributed by atoms with Crippen LogP contribution >= 0.6 is 11.6 Å². The molecule has 4 nitrogen and oxygen atoms in total. The molecule has 5 heteroatoms. The molecule has 12 heavy (non-hydrogen) atoms. The highest BCUT2D eigenvalue weighted by Gasteiger charge is 1.97. The Hall–Kier alpha value is -1.42. The summed E-state index contributed by atoms with van der Waals surface area (Å²) >= 11 is 5.61. The SMILES string of the molecule is Clc1cnc(-n2c[c]cn2)nc1. The zero-order chi connectivity index (χ0) is 8.39. The summed E-state index contributed by atoms with van der Waals surface area (Å²) < 4.78 is 1.51. The number of halogens is 1. The molecule has 0 fully saturated rings. The Morgan fingerprint density at radius 1 is 1.33 bits per heavy atom. The van der Waals surface area contributed by atoms with Crippen molar-refractivity contribution in [1.29, 1.82) is 0 Å². The van der Waals surface area contributed by atoms with Crippen LogP contribution in [0, 0.1) is 6.07 Å². The number of hydrogen-bond acceptors (Lipinski definition) is 3. The van der Waals surface area contributed by atoms with Crippen LogP contribution < -0.4 is 0 Å². The van der Waals surface area contributed by atoms with Gasteiger partial charge in [0.05, 0.1) is 23.6 Å². The van der Waals surface area contributed by atoms with E-state index in [0.717, 1.165) is 0 Å². The van der Waals surface area contributed by atoms with Gasteiger partial charge in [-0.15, -0.1) is 0 Å². The Morgan fingerprint density at radius 2 is 2.08 bits per heavy atom. The summed E-state index contributed by atoms with van der Waals surface area (Å²) in [6.45, 7) is 0. The Balaban J connectivity index is 2.43. The molecule has 0 aromatic carbocycles. The molecule has 0 saturated carbocycles. The standard InChI is InChI=1S/C7H4ClN4/c8-6-4-9-7(10-5-6)12-3-1-2-11-12/h2-5H. The predicted octanol–water partition coefficient (Wildman–Crippen LogP) is 1.12. The van der Waals surface area contributed by atoms with Crippen LogP contribution in [0.2, 0.25) is 5.02 Å². The monoisotopic (exact) mass is 179 g/mol. The fourth-order valence-electron chi connectivity index (χ4n) is 0.766. The lowest BCUT2D eigenvalue weighted by Crippen LogP contribution is -1.99. The summed E-state index contributed by atoms with van der Waals surface area (Å²) in [7, 11) is 0. The van der Waals surface area contributed by atoms with Crippen LogP contribution in [-0.4, -0.2) is 19.7 Å². The molecule has 0 unspecified atom stereocenters. The van der Waals surface area contributed by atoms with Crippen LogP contribution in [0.3, 0.4) is 0 Å². The van der Waals surface area contributed by atoms with Crippen molar-refractivity contribution >= 4 is 11.6 Å². The Bertz CT molecular complexity index is 353. The van der Waals surface area contributed by atoms with Crippen LogP contribution in [0.4, 0.5) is 0 Å². The van der Waals surface area contributed by atoms with Crippen molar-refractivity contribution in [3.05, 3.63) is 35.9 Å². The third-order valence-corrected chi connectivity index (χ3v) is 1.46. The number of nitrogens with zero attached hydrogens (tertiary/aromatic N) is 4. The molecular weight excluding hydrogens is 176 g/mol. The van der Waals surface area contributed by atoms with Crippen molar-refractivity contribution in [3.63, 3.8) is 0 Å². The van der Waals surface area contributed by atoms with Crippen LogP contribution in [0.25, 0.3) is 5.95 Å². The summed E-state index contributed by atoms with van der Waals surface area (Å²) in [4.78, 5) is 7.92. The zero-order valence-electron chi connectivity index (χ0n) is 5.98. The third kappa shape index (κ3) is 1.29. The average Bonchev–Trinajstić information content (AvgIpc) is 2.58. The highest BCUT2D eigenvalue weighted by molar-refractivity contribution is 6.30. The number of hydrogen-bond donors (Lipinski definition) is 0. The lowest BCUT2D eigenvalue weighted by atomic mass is 10.7. The Labute approximate surface area is 73.8 Å². The van der Waals surface area contributed by atoms with Gasteiger partial charge in [-0.25, -0.2) is 14.6 Å². The van der Waals surface area contributed by atoms with E-state index in [1.54, 1.807) is 6.20 Å². The molecule has 0 aliphatic rings. The van der Waals surface area contributed by atoms with Crippen molar-refractivity contribution in [3.8, 4) is 5.95 Å². The molecule has 0 atom stereocenters. The van der Waals surface area contributed by atoms with Gasteiger partial charge < -0.3 is 0 Å². The Kier molecular flexibility index (Phi) is 1.75. The topological polar surface area (TPSA) is 43.6 Å². The van der Waals surface area contributed by atoms with E-state index in [1.165, 1.54) is 23.3 Å². The van der Waals surface area contributed by atoms with Gasteiger partial charge in [-0.1, -0.05) is 11.6 Å². The minimum atomic E-state index is 0.487. The lowest BCUT2D eigenvalue weighted by molar-refractivity contribution is 0.808.